The van der Waals surface area contributed by atoms with Gasteiger partial charge in [0.2, 0.25) is 0 Å². The third-order valence-corrected chi connectivity index (χ3v) is 2.81. The fourth-order valence-electron chi connectivity index (χ4n) is 1.56. The Bertz CT molecular complexity index is 560. The van der Waals surface area contributed by atoms with E-state index < -0.39 is 5.97 Å². The maximum Gasteiger partial charge on any atom is 0.335 e. The quantitative estimate of drug-likeness (QED) is 0.883. The van der Waals surface area contributed by atoms with Crippen LogP contribution in [0, 0.1) is 0 Å². The molecule has 17 heavy (non-hydrogen) atoms. The number of aromatic nitrogens is 1. The lowest BCUT2D eigenvalue weighted by molar-refractivity contribution is 0.0697. The van der Waals surface area contributed by atoms with Crippen LogP contribution in [0.4, 0.5) is 5.82 Å². The summed E-state index contributed by atoms with van der Waals surface area (Å²) >= 11 is 0. The molecule has 0 aliphatic heterocycles. The van der Waals surface area contributed by atoms with Crippen LogP contribution in [0.5, 0.6) is 0 Å². The van der Waals surface area contributed by atoms with E-state index in [0.717, 1.165) is 5.39 Å². The summed E-state index contributed by atoms with van der Waals surface area (Å²) in [6.07, 6.45) is 0. The summed E-state index contributed by atoms with van der Waals surface area (Å²) in [5, 5.41) is 13.7. The Morgan fingerprint density at radius 1 is 1.47 bits per heavy atom. The third-order valence-electron chi connectivity index (χ3n) is 2.81. The van der Waals surface area contributed by atoms with Crippen molar-refractivity contribution in [1.29, 1.82) is 0 Å². The van der Waals surface area contributed by atoms with E-state index in [2.05, 4.69) is 5.16 Å². The number of anilines is 1. The first-order valence-electron chi connectivity index (χ1n) is 5.36. The summed E-state index contributed by atoms with van der Waals surface area (Å²) < 4.78 is 5.17. The van der Waals surface area contributed by atoms with E-state index in [1.807, 2.05) is 25.8 Å². The van der Waals surface area contributed by atoms with Crippen LogP contribution in [0.1, 0.15) is 24.2 Å². The monoisotopic (exact) mass is 234 g/mol. The van der Waals surface area contributed by atoms with E-state index in [1.54, 1.807) is 12.1 Å². The molecule has 1 heterocycles. The van der Waals surface area contributed by atoms with E-state index in [1.165, 1.54) is 6.07 Å². The number of hydrogen-bond donors (Lipinski definition) is 1. The zero-order chi connectivity index (χ0) is 12.6. The fourth-order valence-corrected chi connectivity index (χ4v) is 1.56. The number of nitrogens with zero attached hydrogens (tertiary/aromatic N) is 2. The minimum absolute atomic E-state index is 0.235. The topological polar surface area (TPSA) is 66.6 Å². The Hall–Kier alpha value is -2.04. The van der Waals surface area contributed by atoms with Gasteiger partial charge in [-0.2, -0.15) is 0 Å². The van der Waals surface area contributed by atoms with Gasteiger partial charge in [0.25, 0.3) is 0 Å². The molecule has 0 aliphatic carbocycles. The van der Waals surface area contributed by atoms with Crippen LogP contribution in [-0.4, -0.2) is 29.3 Å². The van der Waals surface area contributed by atoms with E-state index in [0.29, 0.717) is 11.4 Å². The van der Waals surface area contributed by atoms with Gasteiger partial charge in [0, 0.05) is 13.1 Å². The normalized spacial score (nSPS) is 11.1. The van der Waals surface area contributed by atoms with E-state index in [-0.39, 0.29) is 11.6 Å². The number of hydrogen-bond acceptors (Lipinski definition) is 4. The zero-order valence-corrected chi connectivity index (χ0v) is 9.97. The number of benzene rings is 1. The first-order valence-corrected chi connectivity index (χ1v) is 5.36. The van der Waals surface area contributed by atoms with Gasteiger partial charge in [-0.25, -0.2) is 4.79 Å². The maximum absolute atomic E-state index is 10.9. The molecule has 2 aromatic rings. The summed E-state index contributed by atoms with van der Waals surface area (Å²) in [6.45, 7) is 4.06. The second-order valence-corrected chi connectivity index (χ2v) is 4.23. The Kier molecular flexibility index (Phi) is 2.75. The first-order chi connectivity index (χ1) is 8.00. The Morgan fingerprint density at radius 3 is 2.76 bits per heavy atom. The predicted molar refractivity (Wildman–Crippen MR) is 64.5 cm³/mol. The highest BCUT2D eigenvalue weighted by atomic mass is 16.5. The van der Waals surface area contributed by atoms with Gasteiger partial charge in [0.15, 0.2) is 11.4 Å². The predicted octanol–water partition coefficient (Wildman–Crippen LogP) is 2.37. The molecular weight excluding hydrogens is 220 g/mol. The molecule has 0 atom stereocenters. The molecule has 5 heteroatoms. The van der Waals surface area contributed by atoms with Gasteiger partial charge in [-0.1, -0.05) is 5.16 Å². The molecule has 1 aromatic carbocycles. The van der Waals surface area contributed by atoms with Gasteiger partial charge in [-0.05, 0) is 32.0 Å². The molecule has 1 aromatic heterocycles. The van der Waals surface area contributed by atoms with Crippen LogP contribution in [-0.2, 0) is 0 Å². The summed E-state index contributed by atoms with van der Waals surface area (Å²) in [5.41, 5.74) is 0.830. The minimum atomic E-state index is -0.953. The molecule has 0 spiro atoms. The Labute approximate surface area is 98.6 Å². The molecule has 0 fully saturated rings. The van der Waals surface area contributed by atoms with Crippen LogP contribution in [0.3, 0.4) is 0 Å². The number of carboxylic acid groups (broad SMARTS) is 1. The summed E-state index contributed by atoms with van der Waals surface area (Å²) in [5.74, 6) is -0.288. The van der Waals surface area contributed by atoms with Gasteiger partial charge in [-0.15, -0.1) is 0 Å². The van der Waals surface area contributed by atoms with Gasteiger partial charge in [0.1, 0.15) is 0 Å². The second kappa shape index (κ2) is 4.08. The third kappa shape index (κ3) is 1.95. The van der Waals surface area contributed by atoms with Crippen molar-refractivity contribution in [3.63, 3.8) is 0 Å². The average Bonchev–Trinajstić information content (AvgIpc) is 2.70. The van der Waals surface area contributed by atoms with Crippen molar-refractivity contribution in [3.05, 3.63) is 23.8 Å². The number of carbonyl (C=O) groups is 1. The summed E-state index contributed by atoms with van der Waals surface area (Å²) in [7, 11) is 1.90. The fraction of sp³-hybridized carbons (Fsp3) is 0.333. The number of aromatic carboxylic acids is 1. The van der Waals surface area contributed by atoms with Crippen LogP contribution >= 0.6 is 0 Å². The molecule has 0 bridgehead atoms. The lowest BCUT2D eigenvalue weighted by Crippen LogP contribution is -2.25. The highest BCUT2D eigenvalue weighted by Gasteiger charge is 2.16. The Balaban J connectivity index is 2.57. The number of carboxylic acids is 1. The van der Waals surface area contributed by atoms with E-state index >= 15 is 0 Å². The van der Waals surface area contributed by atoms with Gasteiger partial charge in [0.05, 0.1) is 10.9 Å². The molecule has 0 saturated heterocycles. The van der Waals surface area contributed by atoms with Crippen molar-refractivity contribution in [1.82, 2.24) is 5.16 Å². The molecule has 0 radical (unpaired) electrons. The molecule has 5 nitrogen and oxygen atoms in total. The summed E-state index contributed by atoms with van der Waals surface area (Å²) in [4.78, 5) is 12.9. The van der Waals surface area contributed by atoms with Crippen molar-refractivity contribution in [2.75, 3.05) is 11.9 Å². The van der Waals surface area contributed by atoms with Crippen LogP contribution < -0.4 is 4.90 Å². The SMILES string of the molecule is CC(C)N(C)c1noc2ccc(C(=O)O)cc12. The molecule has 1 N–H and O–H groups in total. The zero-order valence-electron chi connectivity index (χ0n) is 9.97. The minimum Gasteiger partial charge on any atom is -0.478 e. The highest BCUT2D eigenvalue weighted by molar-refractivity contribution is 5.96. The molecule has 90 valence electrons. The maximum atomic E-state index is 10.9. The highest BCUT2D eigenvalue weighted by Crippen LogP contribution is 2.27. The van der Waals surface area contributed by atoms with Crippen molar-refractivity contribution >= 4 is 22.8 Å². The van der Waals surface area contributed by atoms with Crippen molar-refractivity contribution < 1.29 is 14.4 Å². The van der Waals surface area contributed by atoms with Gasteiger partial charge < -0.3 is 14.5 Å². The average molecular weight is 234 g/mol. The lowest BCUT2D eigenvalue weighted by Gasteiger charge is -2.20. The van der Waals surface area contributed by atoms with E-state index in [4.69, 9.17) is 9.63 Å². The molecule has 0 amide bonds. The van der Waals surface area contributed by atoms with Gasteiger partial charge in [-0.3, -0.25) is 0 Å². The lowest BCUT2D eigenvalue weighted by atomic mass is 10.1. The number of fused-ring (bicyclic) bond motifs is 1. The van der Waals surface area contributed by atoms with Crippen LogP contribution in [0.25, 0.3) is 11.0 Å². The standard InChI is InChI=1S/C12H14N2O3/c1-7(2)14(3)11-9-6-8(12(15)16)4-5-10(9)17-13-11/h4-7H,1-3H3,(H,15,16). The Morgan fingerprint density at radius 2 is 2.18 bits per heavy atom. The molecule has 0 aliphatic rings. The van der Waals surface area contributed by atoms with Gasteiger partial charge >= 0.3 is 5.97 Å². The second-order valence-electron chi connectivity index (χ2n) is 4.23. The summed E-state index contributed by atoms with van der Waals surface area (Å²) in [6, 6.07) is 4.98. The number of rotatable bonds is 3. The largest absolute Gasteiger partial charge is 0.478 e. The van der Waals surface area contributed by atoms with Crippen LogP contribution in [0.2, 0.25) is 0 Å². The van der Waals surface area contributed by atoms with Crippen molar-refractivity contribution in [2.24, 2.45) is 0 Å². The molecule has 0 saturated carbocycles. The first kappa shape index (κ1) is 11.4. The van der Waals surface area contributed by atoms with Crippen molar-refractivity contribution in [3.8, 4) is 0 Å². The van der Waals surface area contributed by atoms with E-state index in [9.17, 15) is 4.79 Å². The van der Waals surface area contributed by atoms with Crippen molar-refractivity contribution in [2.45, 2.75) is 19.9 Å². The van der Waals surface area contributed by atoms with Crippen LogP contribution in [0.15, 0.2) is 22.7 Å². The molecule has 0 unspecified atom stereocenters. The smallest absolute Gasteiger partial charge is 0.335 e. The molecular formula is C12H14N2O3. The molecule has 2 rings (SSSR count).